The third-order valence-electron chi connectivity index (χ3n) is 1.77. The smallest absolute Gasteiger partial charge is 0.329 e. The van der Waals surface area contributed by atoms with E-state index in [4.69, 9.17) is 16.3 Å². The van der Waals surface area contributed by atoms with Crippen LogP contribution in [0, 0.1) is 12.3 Å². The quantitative estimate of drug-likeness (QED) is 0.441. The second kappa shape index (κ2) is 9.99. The Kier molecular flexibility index (Phi) is 9.03. The molecule has 0 aliphatic carbocycles. The van der Waals surface area contributed by atoms with Gasteiger partial charge in [0.15, 0.2) is 0 Å². The first-order valence-electron chi connectivity index (χ1n) is 5.16. The van der Waals surface area contributed by atoms with E-state index in [9.17, 15) is 9.59 Å². The van der Waals surface area contributed by atoms with Crippen LogP contribution in [0.5, 0.6) is 0 Å². The predicted molar refractivity (Wildman–Crippen MR) is 58.8 cm³/mol. The summed E-state index contributed by atoms with van der Waals surface area (Å²) < 4.78 is 4.75. The van der Waals surface area contributed by atoms with Crippen LogP contribution in [0.1, 0.15) is 25.7 Å². The zero-order valence-corrected chi connectivity index (χ0v) is 9.20. The van der Waals surface area contributed by atoms with E-state index in [0.717, 1.165) is 12.8 Å². The van der Waals surface area contributed by atoms with Crippen molar-refractivity contribution in [2.75, 3.05) is 19.8 Å². The molecule has 5 heteroatoms. The van der Waals surface area contributed by atoms with Crippen LogP contribution in [0.15, 0.2) is 0 Å². The molecule has 16 heavy (non-hydrogen) atoms. The van der Waals surface area contributed by atoms with Crippen molar-refractivity contribution in [1.29, 1.82) is 0 Å². The Morgan fingerprint density at radius 1 is 1.38 bits per heavy atom. The van der Waals surface area contributed by atoms with Crippen molar-refractivity contribution in [1.82, 2.24) is 5.32 Å². The number of rotatable bonds is 9. The minimum absolute atomic E-state index is 0.0593. The highest BCUT2D eigenvalue weighted by molar-refractivity contribution is 5.75. The van der Waals surface area contributed by atoms with Crippen LogP contribution in [0.4, 0.5) is 0 Å². The minimum Gasteiger partial charge on any atom is -0.480 e. The summed E-state index contributed by atoms with van der Waals surface area (Å²) in [7, 11) is 0. The van der Waals surface area contributed by atoms with Crippen molar-refractivity contribution in [3.63, 3.8) is 0 Å². The molecular formula is C11H17NO4. The number of hydrogen-bond donors (Lipinski definition) is 2. The topological polar surface area (TPSA) is 75.6 Å². The second-order valence-corrected chi connectivity index (χ2v) is 3.21. The number of amides is 1. The summed E-state index contributed by atoms with van der Waals surface area (Å²) in [6.45, 7) is 0.210. The van der Waals surface area contributed by atoms with Crippen molar-refractivity contribution in [3.8, 4) is 12.3 Å². The first kappa shape index (κ1) is 14.5. The van der Waals surface area contributed by atoms with Crippen LogP contribution < -0.4 is 5.32 Å². The first-order chi connectivity index (χ1) is 7.66. The zero-order chi connectivity index (χ0) is 12.2. The summed E-state index contributed by atoms with van der Waals surface area (Å²) >= 11 is 0. The van der Waals surface area contributed by atoms with Crippen molar-refractivity contribution in [2.24, 2.45) is 0 Å². The fraction of sp³-hybridized carbons (Fsp3) is 0.636. The Bertz CT molecular complexity index is 257. The van der Waals surface area contributed by atoms with Gasteiger partial charge in [-0.25, -0.2) is 4.79 Å². The highest BCUT2D eigenvalue weighted by Gasteiger charge is 2.00. The standard InChI is InChI=1S/C11H17NO4/c1-2-3-4-5-6-10(13)12-7-8-16-9-11(14)15/h1H,3-9H2,(H,12,13)(H,14,15). The Labute approximate surface area is 95.2 Å². The molecular weight excluding hydrogens is 210 g/mol. The Hall–Kier alpha value is -1.54. The summed E-state index contributed by atoms with van der Waals surface area (Å²) in [6.07, 6.45) is 7.82. The van der Waals surface area contributed by atoms with Gasteiger partial charge < -0.3 is 15.2 Å². The third-order valence-corrected chi connectivity index (χ3v) is 1.77. The van der Waals surface area contributed by atoms with Gasteiger partial charge in [-0.15, -0.1) is 12.3 Å². The van der Waals surface area contributed by atoms with Gasteiger partial charge in [0.1, 0.15) is 6.61 Å². The van der Waals surface area contributed by atoms with E-state index < -0.39 is 5.97 Å². The maximum atomic E-state index is 11.2. The molecule has 0 radical (unpaired) electrons. The van der Waals surface area contributed by atoms with Gasteiger partial charge in [-0.2, -0.15) is 0 Å². The van der Waals surface area contributed by atoms with Gasteiger partial charge in [-0.1, -0.05) is 0 Å². The molecule has 0 heterocycles. The number of unbranched alkanes of at least 4 members (excludes halogenated alkanes) is 2. The van der Waals surface area contributed by atoms with Gasteiger partial charge in [0.2, 0.25) is 5.91 Å². The van der Waals surface area contributed by atoms with E-state index >= 15 is 0 Å². The molecule has 0 atom stereocenters. The summed E-state index contributed by atoms with van der Waals surface area (Å²) in [6, 6.07) is 0. The molecule has 5 nitrogen and oxygen atoms in total. The van der Waals surface area contributed by atoms with Crippen LogP contribution in [-0.4, -0.2) is 36.7 Å². The van der Waals surface area contributed by atoms with Gasteiger partial charge in [0.25, 0.3) is 0 Å². The average Bonchev–Trinajstić information content (AvgIpc) is 2.23. The number of carboxylic acids is 1. The first-order valence-corrected chi connectivity index (χ1v) is 5.16. The second-order valence-electron chi connectivity index (χ2n) is 3.21. The lowest BCUT2D eigenvalue weighted by Crippen LogP contribution is -2.27. The van der Waals surface area contributed by atoms with Crippen molar-refractivity contribution < 1.29 is 19.4 Å². The number of terminal acetylenes is 1. The molecule has 0 aromatic carbocycles. The number of carboxylic acid groups (broad SMARTS) is 1. The fourth-order valence-electron chi connectivity index (χ4n) is 1.02. The van der Waals surface area contributed by atoms with Gasteiger partial charge in [-0.3, -0.25) is 4.79 Å². The van der Waals surface area contributed by atoms with E-state index in [1.165, 1.54) is 0 Å². The highest BCUT2D eigenvalue weighted by atomic mass is 16.5. The van der Waals surface area contributed by atoms with Gasteiger partial charge in [-0.05, 0) is 12.8 Å². The lowest BCUT2D eigenvalue weighted by Gasteiger charge is -2.04. The Morgan fingerprint density at radius 3 is 2.75 bits per heavy atom. The van der Waals surface area contributed by atoms with Crippen molar-refractivity contribution in [2.45, 2.75) is 25.7 Å². The average molecular weight is 227 g/mol. The number of carbonyl (C=O) groups excluding carboxylic acids is 1. The van der Waals surface area contributed by atoms with Gasteiger partial charge in [0.05, 0.1) is 6.61 Å². The zero-order valence-electron chi connectivity index (χ0n) is 9.20. The number of aliphatic carboxylic acids is 1. The maximum Gasteiger partial charge on any atom is 0.329 e. The Balaban J connectivity index is 3.24. The van der Waals surface area contributed by atoms with Crippen LogP contribution in [0.25, 0.3) is 0 Å². The monoisotopic (exact) mass is 227 g/mol. The lowest BCUT2D eigenvalue weighted by atomic mass is 10.2. The maximum absolute atomic E-state index is 11.2. The Morgan fingerprint density at radius 2 is 2.12 bits per heavy atom. The van der Waals surface area contributed by atoms with E-state index in [-0.39, 0.29) is 19.1 Å². The largest absolute Gasteiger partial charge is 0.480 e. The molecule has 0 saturated carbocycles. The normalized spacial score (nSPS) is 9.44. The van der Waals surface area contributed by atoms with Crippen LogP contribution in [-0.2, 0) is 14.3 Å². The van der Waals surface area contributed by atoms with E-state index in [0.29, 0.717) is 19.4 Å². The fourth-order valence-corrected chi connectivity index (χ4v) is 1.02. The van der Waals surface area contributed by atoms with Gasteiger partial charge in [0, 0.05) is 19.4 Å². The molecule has 90 valence electrons. The predicted octanol–water partition coefficient (Wildman–Crippen LogP) is 0.397. The molecule has 0 fully saturated rings. The SMILES string of the molecule is C#CCCCCC(=O)NCCOCC(=O)O. The summed E-state index contributed by atoms with van der Waals surface area (Å²) in [4.78, 5) is 21.2. The molecule has 0 saturated heterocycles. The number of nitrogens with one attached hydrogen (secondary N) is 1. The number of carbonyl (C=O) groups is 2. The number of hydrogen-bond acceptors (Lipinski definition) is 3. The molecule has 0 rings (SSSR count). The van der Waals surface area contributed by atoms with Crippen molar-refractivity contribution >= 4 is 11.9 Å². The third kappa shape index (κ3) is 10.5. The summed E-state index contributed by atoms with van der Waals surface area (Å²) in [5.74, 6) is 1.43. The van der Waals surface area contributed by atoms with Crippen LogP contribution in [0.3, 0.4) is 0 Å². The molecule has 0 unspecified atom stereocenters. The molecule has 2 N–H and O–H groups in total. The van der Waals surface area contributed by atoms with Crippen molar-refractivity contribution in [3.05, 3.63) is 0 Å². The van der Waals surface area contributed by atoms with E-state index in [1.54, 1.807) is 0 Å². The summed E-state index contributed by atoms with van der Waals surface area (Å²) in [5.41, 5.74) is 0. The lowest BCUT2D eigenvalue weighted by molar-refractivity contribution is -0.142. The highest BCUT2D eigenvalue weighted by Crippen LogP contribution is 1.97. The van der Waals surface area contributed by atoms with Gasteiger partial charge >= 0.3 is 5.97 Å². The minimum atomic E-state index is -1.01. The molecule has 0 bridgehead atoms. The van der Waals surface area contributed by atoms with Crippen LogP contribution in [0.2, 0.25) is 0 Å². The number of ether oxygens (including phenoxy) is 1. The van der Waals surface area contributed by atoms with E-state index in [1.807, 2.05) is 0 Å². The van der Waals surface area contributed by atoms with Crippen LogP contribution >= 0.6 is 0 Å². The molecule has 0 aliphatic rings. The summed E-state index contributed by atoms with van der Waals surface area (Å²) in [5, 5.41) is 10.9. The molecule has 0 spiro atoms. The molecule has 1 amide bonds. The molecule has 0 aromatic rings. The molecule has 0 aliphatic heterocycles. The molecule has 0 aromatic heterocycles. The van der Waals surface area contributed by atoms with E-state index in [2.05, 4.69) is 11.2 Å².